The number of hydrogen-bond donors (Lipinski definition) is 2. The summed E-state index contributed by atoms with van der Waals surface area (Å²) in [7, 11) is 5.13. The van der Waals surface area contributed by atoms with Gasteiger partial charge in [0.25, 0.3) is 0 Å². The smallest absolute Gasteiger partial charge is 0.162 e. The van der Waals surface area contributed by atoms with E-state index >= 15 is 0 Å². The van der Waals surface area contributed by atoms with Gasteiger partial charge in [0.2, 0.25) is 0 Å². The summed E-state index contributed by atoms with van der Waals surface area (Å²) in [6.07, 6.45) is 2.37. The zero-order chi connectivity index (χ0) is 17.5. The number of methoxy groups -OCH3 is 2. The van der Waals surface area contributed by atoms with Gasteiger partial charge in [0.05, 0.1) is 7.11 Å². The van der Waals surface area contributed by atoms with Gasteiger partial charge in [-0.2, -0.15) is 0 Å². The van der Waals surface area contributed by atoms with Crippen LogP contribution in [-0.4, -0.2) is 44.3 Å². The summed E-state index contributed by atoms with van der Waals surface area (Å²) in [4.78, 5) is 12.7. The molecular formula is C19H27NO4. The number of ketones is 1. The Morgan fingerprint density at radius 2 is 2.12 bits per heavy atom. The predicted molar refractivity (Wildman–Crippen MR) is 91.7 cm³/mol. The molecule has 1 aromatic rings. The van der Waals surface area contributed by atoms with Crippen LogP contribution >= 0.6 is 0 Å². The number of fused-ring (bicyclic) bond motifs is 3. The van der Waals surface area contributed by atoms with Crippen LogP contribution in [0.4, 0.5) is 0 Å². The van der Waals surface area contributed by atoms with Crippen LogP contribution in [0.5, 0.6) is 11.5 Å². The molecule has 24 heavy (non-hydrogen) atoms. The Kier molecular flexibility index (Phi) is 4.58. The molecule has 0 aliphatic heterocycles. The van der Waals surface area contributed by atoms with Gasteiger partial charge in [0.1, 0.15) is 6.10 Å². The van der Waals surface area contributed by atoms with Crippen molar-refractivity contribution in [2.24, 2.45) is 5.92 Å². The van der Waals surface area contributed by atoms with Gasteiger partial charge in [-0.1, -0.05) is 13.0 Å². The summed E-state index contributed by atoms with van der Waals surface area (Å²) in [6.45, 7) is 2.11. The Morgan fingerprint density at radius 3 is 2.71 bits per heavy atom. The van der Waals surface area contributed by atoms with Crippen LogP contribution in [0.2, 0.25) is 0 Å². The lowest BCUT2D eigenvalue weighted by atomic mass is 9.53. The van der Waals surface area contributed by atoms with Gasteiger partial charge in [0, 0.05) is 30.6 Å². The van der Waals surface area contributed by atoms with E-state index in [9.17, 15) is 9.90 Å². The number of phenolic OH excluding ortho intramolecular Hbond substituents is 1. The molecule has 0 radical (unpaired) electrons. The zero-order valence-corrected chi connectivity index (χ0v) is 14.9. The second-order valence-corrected chi connectivity index (χ2v) is 6.97. The summed E-state index contributed by atoms with van der Waals surface area (Å²) in [6, 6.07) is 4.10. The molecule has 0 bridgehead atoms. The normalized spacial score (nSPS) is 32.2. The first-order valence-electron chi connectivity index (χ1n) is 8.64. The molecule has 132 valence electrons. The SMILES string of the molecule is CC[C@@]12CC(=O)C(OC)C[C@@H]1[C@@H](NC)Cc1ccc(OC)c(O)c12. The van der Waals surface area contributed by atoms with E-state index in [1.807, 2.05) is 19.2 Å². The van der Waals surface area contributed by atoms with Crippen LogP contribution in [0.25, 0.3) is 0 Å². The lowest BCUT2D eigenvalue weighted by molar-refractivity contribution is -0.137. The van der Waals surface area contributed by atoms with Crippen molar-refractivity contribution in [3.63, 3.8) is 0 Å². The molecule has 3 rings (SSSR count). The monoisotopic (exact) mass is 333 g/mol. The molecule has 2 aliphatic rings. The fraction of sp³-hybridized carbons (Fsp3) is 0.632. The molecule has 1 unspecified atom stereocenters. The molecule has 5 heteroatoms. The van der Waals surface area contributed by atoms with E-state index in [-0.39, 0.29) is 35.0 Å². The number of phenols is 1. The summed E-state index contributed by atoms with van der Waals surface area (Å²) in [5.41, 5.74) is 1.64. The van der Waals surface area contributed by atoms with Gasteiger partial charge >= 0.3 is 0 Å². The minimum Gasteiger partial charge on any atom is -0.504 e. The van der Waals surface area contributed by atoms with Crippen molar-refractivity contribution in [2.45, 2.75) is 50.2 Å². The highest BCUT2D eigenvalue weighted by atomic mass is 16.5. The number of ether oxygens (including phenoxy) is 2. The summed E-state index contributed by atoms with van der Waals surface area (Å²) in [5.74, 6) is 1.03. The number of aromatic hydroxyl groups is 1. The van der Waals surface area contributed by atoms with Crippen molar-refractivity contribution >= 4 is 5.78 Å². The molecule has 1 saturated carbocycles. The van der Waals surface area contributed by atoms with Gasteiger partial charge in [-0.3, -0.25) is 4.79 Å². The van der Waals surface area contributed by atoms with Crippen molar-refractivity contribution in [1.29, 1.82) is 0 Å². The van der Waals surface area contributed by atoms with Crippen LogP contribution in [0, 0.1) is 5.92 Å². The first-order chi connectivity index (χ1) is 11.5. The van der Waals surface area contributed by atoms with E-state index in [1.54, 1.807) is 14.2 Å². The van der Waals surface area contributed by atoms with Gasteiger partial charge in [0.15, 0.2) is 17.3 Å². The van der Waals surface area contributed by atoms with Crippen LogP contribution in [0.3, 0.4) is 0 Å². The highest BCUT2D eigenvalue weighted by Crippen LogP contribution is 2.55. The Morgan fingerprint density at radius 1 is 1.38 bits per heavy atom. The zero-order valence-electron chi connectivity index (χ0n) is 14.9. The molecule has 1 aromatic carbocycles. The lowest BCUT2D eigenvalue weighted by Crippen LogP contribution is -2.57. The molecule has 0 heterocycles. The van der Waals surface area contributed by atoms with E-state index in [1.165, 1.54) is 0 Å². The summed E-state index contributed by atoms with van der Waals surface area (Å²) in [5, 5.41) is 14.3. The highest BCUT2D eigenvalue weighted by molar-refractivity contribution is 5.86. The van der Waals surface area contributed by atoms with Gasteiger partial charge < -0.3 is 19.9 Å². The number of likely N-dealkylation sites (N-methyl/N-ethyl adjacent to an activating group) is 1. The second-order valence-electron chi connectivity index (χ2n) is 6.97. The number of hydrogen-bond acceptors (Lipinski definition) is 5. The standard InChI is InChI=1S/C19H27NO4/c1-5-19-10-14(21)16(24-4)9-12(19)13(20-2)8-11-6-7-15(23-3)18(22)17(11)19/h6-7,12-13,16,20,22H,5,8-10H2,1-4H3/t12-,13+,16?,19-/m1/s1. The molecule has 4 atom stereocenters. The molecule has 0 saturated heterocycles. The van der Waals surface area contributed by atoms with Crippen molar-refractivity contribution in [2.75, 3.05) is 21.3 Å². The maximum absolute atomic E-state index is 12.7. The Labute approximate surface area is 143 Å². The average Bonchev–Trinajstić information content (AvgIpc) is 2.60. The minimum absolute atomic E-state index is 0.125. The number of carbonyl (C=O) groups excluding carboxylic acids is 1. The second kappa shape index (κ2) is 6.37. The largest absolute Gasteiger partial charge is 0.504 e. The average molecular weight is 333 g/mol. The number of carbonyl (C=O) groups is 1. The van der Waals surface area contributed by atoms with Crippen LogP contribution in [0.1, 0.15) is 37.3 Å². The first kappa shape index (κ1) is 17.2. The fourth-order valence-electron chi connectivity index (χ4n) is 4.94. The van der Waals surface area contributed by atoms with E-state index in [0.29, 0.717) is 18.6 Å². The molecule has 0 amide bonds. The molecule has 0 spiro atoms. The molecule has 5 nitrogen and oxygen atoms in total. The van der Waals surface area contributed by atoms with Crippen molar-refractivity contribution < 1.29 is 19.4 Å². The molecule has 2 aliphatic carbocycles. The van der Waals surface area contributed by atoms with E-state index in [4.69, 9.17) is 9.47 Å². The van der Waals surface area contributed by atoms with Gasteiger partial charge in [-0.25, -0.2) is 0 Å². The van der Waals surface area contributed by atoms with Crippen molar-refractivity contribution in [3.8, 4) is 11.5 Å². The number of Topliss-reactive ketones (excluding diaryl/α,β-unsaturated/α-hetero) is 1. The lowest BCUT2D eigenvalue weighted by Gasteiger charge is -2.52. The molecule has 0 aromatic heterocycles. The number of benzene rings is 1. The third kappa shape index (κ3) is 2.33. The topological polar surface area (TPSA) is 67.8 Å². The van der Waals surface area contributed by atoms with E-state index in [2.05, 4.69) is 12.2 Å². The first-order valence-corrected chi connectivity index (χ1v) is 8.64. The Hall–Kier alpha value is -1.59. The summed E-state index contributed by atoms with van der Waals surface area (Å²) < 4.78 is 10.8. The highest BCUT2D eigenvalue weighted by Gasteiger charge is 2.54. The number of nitrogens with one attached hydrogen (secondary N) is 1. The third-order valence-electron chi connectivity index (χ3n) is 6.18. The maximum Gasteiger partial charge on any atom is 0.162 e. The molecular weight excluding hydrogens is 306 g/mol. The van der Waals surface area contributed by atoms with E-state index in [0.717, 1.165) is 24.0 Å². The Bertz CT molecular complexity index is 644. The summed E-state index contributed by atoms with van der Waals surface area (Å²) >= 11 is 0. The van der Waals surface area contributed by atoms with Crippen LogP contribution < -0.4 is 10.1 Å². The maximum atomic E-state index is 12.7. The molecule has 1 fully saturated rings. The minimum atomic E-state index is -0.369. The van der Waals surface area contributed by atoms with Crippen LogP contribution in [0.15, 0.2) is 12.1 Å². The number of rotatable bonds is 4. The predicted octanol–water partition coefficient (Wildman–Crippen LogP) is 2.19. The van der Waals surface area contributed by atoms with Crippen LogP contribution in [-0.2, 0) is 21.4 Å². The van der Waals surface area contributed by atoms with Gasteiger partial charge in [-0.05, 0) is 43.9 Å². The fourth-order valence-corrected chi connectivity index (χ4v) is 4.94. The van der Waals surface area contributed by atoms with Crippen molar-refractivity contribution in [1.82, 2.24) is 5.32 Å². The van der Waals surface area contributed by atoms with E-state index < -0.39 is 0 Å². The van der Waals surface area contributed by atoms with Gasteiger partial charge in [-0.15, -0.1) is 0 Å². The quantitative estimate of drug-likeness (QED) is 0.884. The molecule has 2 N–H and O–H groups in total. The third-order valence-corrected chi connectivity index (χ3v) is 6.18. The Balaban J connectivity index is 2.20. The van der Waals surface area contributed by atoms with Crippen molar-refractivity contribution in [3.05, 3.63) is 23.3 Å².